The monoisotopic (exact) mass is 546 g/mol. The number of fused-ring (bicyclic) bond motifs is 6. The van der Waals surface area contributed by atoms with Crippen LogP contribution in [0.25, 0.3) is 87.6 Å². The molecule has 0 aliphatic carbocycles. The molecule has 0 aliphatic heterocycles. The summed E-state index contributed by atoms with van der Waals surface area (Å²) in [5.74, 6) is 0. The highest BCUT2D eigenvalue weighted by Crippen LogP contribution is 2.47. The van der Waals surface area contributed by atoms with Gasteiger partial charge in [-0.1, -0.05) is 152 Å². The van der Waals surface area contributed by atoms with Crippen LogP contribution in [0.15, 0.2) is 162 Å². The molecular weight excluding hydrogens is 520 g/mol. The average molecular weight is 547 g/mol. The molecule has 0 bridgehead atoms. The Labute approximate surface area is 249 Å². The Kier molecular flexibility index (Phi) is 5.27. The van der Waals surface area contributed by atoms with Gasteiger partial charge in [-0.15, -0.1) is 0 Å². The average Bonchev–Trinajstić information content (AvgIpc) is 3.46. The summed E-state index contributed by atoms with van der Waals surface area (Å²) in [5, 5.41) is 9.80. The zero-order valence-corrected chi connectivity index (χ0v) is 23.4. The van der Waals surface area contributed by atoms with Crippen molar-refractivity contribution in [2.75, 3.05) is 0 Å². The fourth-order valence-corrected chi connectivity index (χ4v) is 7.05. The normalized spacial score (nSPS) is 11.7. The van der Waals surface area contributed by atoms with Crippen molar-refractivity contribution in [3.63, 3.8) is 0 Å². The van der Waals surface area contributed by atoms with Crippen LogP contribution in [0.1, 0.15) is 0 Å². The van der Waals surface area contributed by atoms with E-state index in [-0.39, 0.29) is 0 Å². The third-order valence-electron chi connectivity index (χ3n) is 8.88. The molecular formula is C42H26O. The second kappa shape index (κ2) is 9.44. The Morgan fingerprint density at radius 2 is 0.767 bits per heavy atom. The molecule has 0 fully saturated rings. The fraction of sp³-hybridized carbons (Fsp3) is 0. The molecule has 43 heavy (non-hydrogen) atoms. The zero-order valence-electron chi connectivity index (χ0n) is 23.4. The molecule has 8 aromatic carbocycles. The van der Waals surface area contributed by atoms with Crippen LogP contribution < -0.4 is 0 Å². The molecule has 0 amide bonds. The molecule has 0 radical (unpaired) electrons. The summed E-state index contributed by atoms with van der Waals surface area (Å²) < 4.78 is 6.47. The van der Waals surface area contributed by atoms with Crippen LogP contribution in [0.5, 0.6) is 0 Å². The summed E-state index contributed by atoms with van der Waals surface area (Å²) in [6, 6.07) is 56.7. The molecule has 0 unspecified atom stereocenters. The lowest BCUT2D eigenvalue weighted by Crippen LogP contribution is -1.92. The van der Waals surface area contributed by atoms with E-state index in [1.54, 1.807) is 0 Å². The quantitative estimate of drug-likeness (QED) is 0.201. The van der Waals surface area contributed by atoms with Gasteiger partial charge >= 0.3 is 0 Å². The maximum Gasteiger partial charge on any atom is 0.143 e. The summed E-state index contributed by atoms with van der Waals surface area (Å²) in [6.07, 6.45) is 0. The lowest BCUT2D eigenvalue weighted by atomic mass is 9.84. The van der Waals surface area contributed by atoms with Gasteiger partial charge in [0, 0.05) is 16.3 Å². The van der Waals surface area contributed by atoms with Gasteiger partial charge in [-0.25, -0.2) is 0 Å². The number of para-hydroxylation sites is 2. The second-order valence-corrected chi connectivity index (χ2v) is 11.2. The van der Waals surface area contributed by atoms with Gasteiger partial charge in [0.15, 0.2) is 0 Å². The SMILES string of the molecule is c1ccc(-c2c3ccccc3c(-c3ccc(-c4cccc5c4oc4ccccc45)c4ccccc34)c3ccccc23)cc1. The number of hydrogen-bond donors (Lipinski definition) is 0. The van der Waals surface area contributed by atoms with Crippen molar-refractivity contribution >= 4 is 54.3 Å². The molecule has 1 aromatic heterocycles. The van der Waals surface area contributed by atoms with Crippen molar-refractivity contribution in [1.29, 1.82) is 0 Å². The molecule has 0 atom stereocenters. The van der Waals surface area contributed by atoms with Crippen molar-refractivity contribution in [3.05, 3.63) is 158 Å². The summed E-state index contributed by atoms with van der Waals surface area (Å²) in [6.45, 7) is 0. The van der Waals surface area contributed by atoms with Crippen LogP contribution in [-0.2, 0) is 0 Å². The van der Waals surface area contributed by atoms with Gasteiger partial charge in [0.25, 0.3) is 0 Å². The summed E-state index contributed by atoms with van der Waals surface area (Å²) in [5.41, 5.74) is 9.18. The first-order valence-corrected chi connectivity index (χ1v) is 14.8. The molecule has 9 rings (SSSR count). The van der Waals surface area contributed by atoms with E-state index in [0.29, 0.717) is 0 Å². The Morgan fingerprint density at radius 1 is 0.279 bits per heavy atom. The Hall–Kier alpha value is -5.66. The first-order chi connectivity index (χ1) is 21.4. The van der Waals surface area contributed by atoms with Gasteiger partial charge in [-0.3, -0.25) is 0 Å². The van der Waals surface area contributed by atoms with E-state index in [2.05, 4.69) is 152 Å². The number of hydrogen-bond acceptors (Lipinski definition) is 1. The van der Waals surface area contributed by atoms with Crippen molar-refractivity contribution in [3.8, 4) is 33.4 Å². The highest BCUT2D eigenvalue weighted by Gasteiger charge is 2.20. The lowest BCUT2D eigenvalue weighted by Gasteiger charge is -2.19. The van der Waals surface area contributed by atoms with Crippen LogP contribution in [0.4, 0.5) is 0 Å². The van der Waals surface area contributed by atoms with Crippen molar-refractivity contribution in [2.24, 2.45) is 0 Å². The van der Waals surface area contributed by atoms with Crippen LogP contribution in [0.2, 0.25) is 0 Å². The maximum absolute atomic E-state index is 6.47. The molecule has 0 spiro atoms. The van der Waals surface area contributed by atoms with E-state index in [0.717, 1.165) is 27.5 Å². The molecule has 200 valence electrons. The number of furan rings is 1. The second-order valence-electron chi connectivity index (χ2n) is 11.2. The summed E-state index contributed by atoms with van der Waals surface area (Å²) in [4.78, 5) is 0. The smallest absolute Gasteiger partial charge is 0.143 e. The van der Waals surface area contributed by atoms with E-state index in [4.69, 9.17) is 4.42 Å². The fourth-order valence-electron chi connectivity index (χ4n) is 7.05. The minimum Gasteiger partial charge on any atom is -0.455 e. The van der Waals surface area contributed by atoms with Gasteiger partial charge in [-0.05, 0) is 66.2 Å². The predicted octanol–water partition coefficient (Wildman–Crippen LogP) is 12.0. The molecule has 1 heterocycles. The van der Waals surface area contributed by atoms with E-state index in [9.17, 15) is 0 Å². The molecule has 0 N–H and O–H groups in total. The molecule has 0 saturated carbocycles. The van der Waals surface area contributed by atoms with E-state index < -0.39 is 0 Å². The van der Waals surface area contributed by atoms with Crippen molar-refractivity contribution in [1.82, 2.24) is 0 Å². The first kappa shape index (κ1) is 24.0. The molecule has 9 aromatic rings. The largest absolute Gasteiger partial charge is 0.455 e. The summed E-state index contributed by atoms with van der Waals surface area (Å²) in [7, 11) is 0. The maximum atomic E-state index is 6.47. The lowest BCUT2D eigenvalue weighted by molar-refractivity contribution is 0.670. The molecule has 0 saturated heterocycles. The number of rotatable bonds is 3. The van der Waals surface area contributed by atoms with Gasteiger partial charge in [0.2, 0.25) is 0 Å². The third-order valence-corrected chi connectivity index (χ3v) is 8.88. The van der Waals surface area contributed by atoms with E-state index in [1.807, 2.05) is 6.07 Å². The summed E-state index contributed by atoms with van der Waals surface area (Å²) >= 11 is 0. The standard InChI is InChI=1S/C42H26O/c1-2-13-27(14-3-1)40-32-18-6-8-20-34(32)41(35-21-9-7-19-33(35)40)36-26-25-30(28-15-4-5-16-29(28)36)37-22-12-23-38-31-17-10-11-24-39(31)43-42(37)38/h1-26H. The number of benzene rings is 8. The van der Waals surface area contributed by atoms with Crippen LogP contribution in [-0.4, -0.2) is 0 Å². The third kappa shape index (κ3) is 3.58. The first-order valence-electron chi connectivity index (χ1n) is 14.8. The van der Waals surface area contributed by atoms with Gasteiger partial charge in [-0.2, -0.15) is 0 Å². The Balaban J connectivity index is 1.37. The highest BCUT2D eigenvalue weighted by atomic mass is 16.3. The molecule has 1 nitrogen and oxygen atoms in total. The van der Waals surface area contributed by atoms with Gasteiger partial charge in [0.1, 0.15) is 11.2 Å². The van der Waals surface area contributed by atoms with Crippen LogP contribution in [0, 0.1) is 0 Å². The predicted molar refractivity (Wildman–Crippen MR) is 183 cm³/mol. The zero-order chi connectivity index (χ0) is 28.3. The van der Waals surface area contributed by atoms with Gasteiger partial charge in [0.05, 0.1) is 0 Å². The van der Waals surface area contributed by atoms with Crippen LogP contribution >= 0.6 is 0 Å². The molecule has 0 aliphatic rings. The Morgan fingerprint density at radius 3 is 1.44 bits per heavy atom. The van der Waals surface area contributed by atoms with Crippen molar-refractivity contribution < 1.29 is 4.42 Å². The minimum atomic E-state index is 0.919. The topological polar surface area (TPSA) is 13.1 Å². The highest BCUT2D eigenvalue weighted by molar-refractivity contribution is 6.24. The van der Waals surface area contributed by atoms with Gasteiger partial charge < -0.3 is 4.42 Å². The van der Waals surface area contributed by atoms with E-state index >= 15 is 0 Å². The molecule has 1 heteroatoms. The van der Waals surface area contributed by atoms with Crippen molar-refractivity contribution in [2.45, 2.75) is 0 Å². The van der Waals surface area contributed by atoms with E-state index in [1.165, 1.54) is 60.1 Å². The Bertz CT molecular complexity index is 2440. The minimum absolute atomic E-state index is 0.919. The van der Waals surface area contributed by atoms with Crippen LogP contribution in [0.3, 0.4) is 0 Å².